The van der Waals surface area contributed by atoms with Gasteiger partial charge in [0.1, 0.15) is 11.5 Å². The van der Waals surface area contributed by atoms with E-state index in [0.717, 1.165) is 27.2 Å². The fraction of sp³-hybridized carbons (Fsp3) is 0.231. The van der Waals surface area contributed by atoms with Crippen LogP contribution >= 0.6 is 31.9 Å². The third-order valence-corrected chi connectivity index (χ3v) is 4.29. The molecule has 0 aliphatic carbocycles. The number of aryl methyl sites for hydroxylation is 1. The van der Waals surface area contributed by atoms with Gasteiger partial charge in [0.15, 0.2) is 4.67 Å². The normalized spacial score (nSPS) is 10.4. The molecule has 96 valence electrons. The van der Waals surface area contributed by atoms with Crippen molar-refractivity contribution in [1.82, 2.24) is 0 Å². The molecule has 1 aromatic heterocycles. The van der Waals surface area contributed by atoms with Crippen molar-refractivity contribution >= 4 is 37.5 Å². The average molecular weight is 375 g/mol. The Morgan fingerprint density at radius 3 is 2.61 bits per heavy atom. The summed E-state index contributed by atoms with van der Waals surface area (Å²) in [5, 5.41) is 3.33. The van der Waals surface area contributed by atoms with Crippen molar-refractivity contribution in [3.05, 3.63) is 44.7 Å². The molecule has 0 saturated heterocycles. The van der Waals surface area contributed by atoms with Crippen LogP contribution in [0.15, 0.2) is 37.8 Å². The number of hydrogen-bond donors (Lipinski definition) is 1. The third-order valence-electron chi connectivity index (χ3n) is 2.58. The molecule has 0 atom stereocenters. The van der Waals surface area contributed by atoms with Crippen LogP contribution < -0.4 is 10.1 Å². The zero-order valence-corrected chi connectivity index (χ0v) is 13.3. The van der Waals surface area contributed by atoms with E-state index in [2.05, 4.69) is 37.2 Å². The summed E-state index contributed by atoms with van der Waals surface area (Å²) < 4.78 is 12.3. The van der Waals surface area contributed by atoms with E-state index in [0.29, 0.717) is 11.2 Å². The van der Waals surface area contributed by atoms with Gasteiger partial charge in [-0.15, -0.1) is 0 Å². The number of methoxy groups -OCH3 is 1. The Morgan fingerprint density at radius 2 is 2.06 bits per heavy atom. The molecular formula is C13H13Br2NO2. The Labute approximate surface area is 123 Å². The Hall–Kier alpha value is -0.940. The minimum atomic E-state index is 0.636. The van der Waals surface area contributed by atoms with Crippen LogP contribution in [0.1, 0.15) is 11.3 Å². The lowest BCUT2D eigenvalue weighted by Crippen LogP contribution is -2.00. The molecule has 0 amide bonds. The van der Waals surface area contributed by atoms with Gasteiger partial charge in [-0.2, -0.15) is 0 Å². The minimum absolute atomic E-state index is 0.636. The van der Waals surface area contributed by atoms with E-state index in [1.807, 2.05) is 31.2 Å². The summed E-state index contributed by atoms with van der Waals surface area (Å²) in [7, 11) is 1.67. The molecule has 0 radical (unpaired) electrons. The van der Waals surface area contributed by atoms with Crippen LogP contribution in [-0.2, 0) is 6.54 Å². The van der Waals surface area contributed by atoms with Crippen molar-refractivity contribution in [2.45, 2.75) is 13.5 Å². The van der Waals surface area contributed by atoms with E-state index in [1.165, 1.54) is 0 Å². The Morgan fingerprint density at radius 1 is 1.28 bits per heavy atom. The number of ether oxygens (including phenoxy) is 1. The van der Waals surface area contributed by atoms with E-state index >= 15 is 0 Å². The van der Waals surface area contributed by atoms with Crippen LogP contribution in [0.25, 0.3) is 0 Å². The fourth-order valence-electron chi connectivity index (χ4n) is 1.62. The van der Waals surface area contributed by atoms with Crippen molar-refractivity contribution in [2.75, 3.05) is 12.4 Å². The molecule has 2 rings (SSSR count). The zero-order valence-electron chi connectivity index (χ0n) is 10.1. The summed E-state index contributed by atoms with van der Waals surface area (Å²) in [6.07, 6.45) is 0. The quantitative estimate of drug-likeness (QED) is 0.839. The second-order valence-corrected chi connectivity index (χ2v) is 5.44. The van der Waals surface area contributed by atoms with Crippen molar-refractivity contribution in [3.63, 3.8) is 0 Å². The number of benzene rings is 1. The van der Waals surface area contributed by atoms with Gasteiger partial charge in [0.2, 0.25) is 0 Å². The van der Waals surface area contributed by atoms with Crippen molar-refractivity contribution in [3.8, 4) is 5.75 Å². The van der Waals surface area contributed by atoms with Gasteiger partial charge in [-0.3, -0.25) is 0 Å². The molecule has 1 heterocycles. The molecule has 0 unspecified atom stereocenters. The van der Waals surface area contributed by atoms with Crippen molar-refractivity contribution in [1.29, 1.82) is 0 Å². The highest BCUT2D eigenvalue weighted by Crippen LogP contribution is 2.28. The van der Waals surface area contributed by atoms with Gasteiger partial charge in [-0.25, -0.2) is 0 Å². The lowest BCUT2D eigenvalue weighted by atomic mass is 10.2. The highest BCUT2D eigenvalue weighted by atomic mass is 79.9. The first-order valence-electron chi connectivity index (χ1n) is 5.42. The average Bonchev–Trinajstić information content (AvgIpc) is 2.67. The van der Waals surface area contributed by atoms with Crippen molar-refractivity contribution < 1.29 is 9.15 Å². The number of rotatable bonds is 4. The van der Waals surface area contributed by atoms with Gasteiger partial charge < -0.3 is 14.5 Å². The van der Waals surface area contributed by atoms with Crippen LogP contribution in [0.5, 0.6) is 5.75 Å². The smallest absolute Gasteiger partial charge is 0.183 e. The van der Waals surface area contributed by atoms with Crippen molar-refractivity contribution in [2.24, 2.45) is 0 Å². The van der Waals surface area contributed by atoms with Gasteiger partial charge >= 0.3 is 0 Å². The van der Waals surface area contributed by atoms with E-state index < -0.39 is 0 Å². The molecule has 1 aromatic carbocycles. The molecule has 0 aliphatic rings. The summed E-state index contributed by atoms with van der Waals surface area (Å²) in [6.45, 7) is 2.68. The molecule has 1 N–H and O–H groups in total. The molecule has 0 saturated carbocycles. The Balaban J connectivity index is 2.06. The summed E-state index contributed by atoms with van der Waals surface area (Å²) in [5.41, 5.74) is 2.21. The molecule has 18 heavy (non-hydrogen) atoms. The van der Waals surface area contributed by atoms with Crippen LogP contribution in [0.2, 0.25) is 0 Å². The number of furan rings is 1. The first-order chi connectivity index (χ1) is 8.60. The van der Waals surface area contributed by atoms with Gasteiger partial charge in [0.25, 0.3) is 0 Å². The lowest BCUT2D eigenvalue weighted by Gasteiger charge is -2.09. The standard InChI is InChI=1S/C13H13Br2NO2/c1-8-5-9(17-2)3-4-12(8)16-7-10-6-11(14)13(15)18-10/h3-6,16H,7H2,1-2H3. The third kappa shape index (κ3) is 3.09. The Bertz CT molecular complexity index is 532. The summed E-state index contributed by atoms with van der Waals surface area (Å²) >= 11 is 6.71. The number of halogens is 2. The SMILES string of the molecule is COc1ccc(NCc2cc(Br)c(Br)o2)c(C)c1. The van der Waals surface area contributed by atoms with E-state index in [9.17, 15) is 0 Å². The molecule has 0 bridgehead atoms. The van der Waals surface area contributed by atoms with Crippen LogP contribution in [-0.4, -0.2) is 7.11 Å². The highest BCUT2D eigenvalue weighted by molar-refractivity contribution is 9.13. The molecule has 5 heteroatoms. The van der Waals surface area contributed by atoms with Crippen LogP contribution in [0.3, 0.4) is 0 Å². The monoisotopic (exact) mass is 373 g/mol. The largest absolute Gasteiger partial charge is 0.497 e. The van der Waals surface area contributed by atoms with E-state index in [1.54, 1.807) is 7.11 Å². The molecule has 3 nitrogen and oxygen atoms in total. The van der Waals surface area contributed by atoms with Crippen LogP contribution in [0, 0.1) is 6.92 Å². The molecule has 0 spiro atoms. The van der Waals surface area contributed by atoms with Gasteiger partial charge in [0.05, 0.1) is 18.1 Å². The predicted molar refractivity (Wildman–Crippen MR) is 79.2 cm³/mol. The van der Waals surface area contributed by atoms with Crippen LogP contribution in [0.4, 0.5) is 5.69 Å². The summed E-state index contributed by atoms with van der Waals surface area (Å²) in [5.74, 6) is 1.73. The molecule has 0 aliphatic heterocycles. The molecule has 2 aromatic rings. The lowest BCUT2D eigenvalue weighted by molar-refractivity contribution is 0.414. The second kappa shape index (κ2) is 5.80. The molecule has 0 fully saturated rings. The maximum Gasteiger partial charge on any atom is 0.183 e. The van der Waals surface area contributed by atoms with Gasteiger partial charge in [-0.1, -0.05) is 0 Å². The fourth-order valence-corrected chi connectivity index (χ4v) is 2.28. The van der Waals surface area contributed by atoms with E-state index in [4.69, 9.17) is 9.15 Å². The minimum Gasteiger partial charge on any atom is -0.497 e. The highest BCUT2D eigenvalue weighted by Gasteiger charge is 2.06. The zero-order chi connectivity index (χ0) is 13.1. The number of anilines is 1. The second-order valence-electron chi connectivity index (χ2n) is 3.87. The van der Waals surface area contributed by atoms with Gasteiger partial charge in [0, 0.05) is 5.69 Å². The topological polar surface area (TPSA) is 34.4 Å². The summed E-state index contributed by atoms with van der Waals surface area (Å²) in [6, 6.07) is 7.87. The first kappa shape index (κ1) is 13.5. The number of nitrogens with one attached hydrogen (secondary N) is 1. The maximum atomic E-state index is 5.50. The Kier molecular flexibility index (Phi) is 4.35. The maximum absolute atomic E-state index is 5.50. The number of hydrogen-bond acceptors (Lipinski definition) is 3. The molecular weight excluding hydrogens is 362 g/mol. The van der Waals surface area contributed by atoms with E-state index in [-0.39, 0.29) is 0 Å². The summed E-state index contributed by atoms with van der Waals surface area (Å²) in [4.78, 5) is 0. The van der Waals surface area contributed by atoms with Gasteiger partial charge in [-0.05, 0) is 68.6 Å². The first-order valence-corrected chi connectivity index (χ1v) is 7.01. The predicted octanol–water partition coefficient (Wildman–Crippen LogP) is 4.73.